The monoisotopic (exact) mass is 425 g/mol. The molecule has 2 aliphatic rings. The zero-order chi connectivity index (χ0) is 20.9. The van der Waals surface area contributed by atoms with Gasteiger partial charge in [0.15, 0.2) is 0 Å². The summed E-state index contributed by atoms with van der Waals surface area (Å²) in [7, 11) is 2.83. The van der Waals surface area contributed by atoms with Crippen molar-refractivity contribution >= 4 is 26.9 Å². The van der Waals surface area contributed by atoms with Crippen LogP contribution in [0.2, 0.25) is 0 Å². The third-order valence-corrected chi connectivity index (χ3v) is 6.25. The second-order valence-electron chi connectivity index (χ2n) is 7.58. The topological polar surface area (TPSA) is 45.3 Å². The van der Waals surface area contributed by atoms with E-state index in [1.807, 2.05) is 42.5 Å². The highest BCUT2D eigenvalue weighted by molar-refractivity contribution is 7.13. The van der Waals surface area contributed by atoms with Crippen molar-refractivity contribution in [1.82, 2.24) is 4.67 Å². The fourth-order valence-corrected chi connectivity index (χ4v) is 4.37. The van der Waals surface area contributed by atoms with Gasteiger partial charge in [-0.25, -0.2) is 4.79 Å². The molecule has 2 heterocycles. The number of carbonyl (C=O) groups excluding carboxylic acids is 1. The Balaban J connectivity index is 1.41. The highest BCUT2D eigenvalue weighted by atomic mass is 31.0. The van der Waals surface area contributed by atoms with Gasteiger partial charge in [0.1, 0.15) is 6.61 Å². The Morgan fingerprint density at radius 3 is 2.67 bits per heavy atom. The highest BCUT2D eigenvalue weighted by Crippen LogP contribution is 2.30. The van der Waals surface area contributed by atoms with Crippen LogP contribution in [0.4, 0.5) is 16.2 Å². The van der Waals surface area contributed by atoms with Crippen LogP contribution in [0.15, 0.2) is 67.3 Å². The lowest BCUT2D eigenvalue weighted by molar-refractivity contribution is -0.0115. The van der Waals surface area contributed by atoms with Gasteiger partial charge in [-0.15, -0.1) is 6.58 Å². The zero-order valence-corrected chi connectivity index (χ0v) is 18.2. The number of benzene rings is 2. The van der Waals surface area contributed by atoms with Crippen molar-refractivity contribution in [3.8, 4) is 0 Å². The first-order valence-corrected chi connectivity index (χ1v) is 10.7. The Bertz CT molecular complexity index is 862. The number of carbonyl (C=O) groups is 1. The summed E-state index contributed by atoms with van der Waals surface area (Å²) in [5.74, 6) is 0. The van der Waals surface area contributed by atoms with Crippen LogP contribution in [-0.2, 0) is 16.1 Å². The summed E-state index contributed by atoms with van der Waals surface area (Å²) in [6.07, 6.45) is 1.56. The summed E-state index contributed by atoms with van der Waals surface area (Å²) in [5.41, 5.74) is 2.88. The number of ether oxygens (including phenoxy) is 2. The van der Waals surface area contributed by atoms with Gasteiger partial charge < -0.3 is 14.4 Å². The van der Waals surface area contributed by atoms with Crippen molar-refractivity contribution in [1.29, 1.82) is 0 Å². The lowest BCUT2D eigenvalue weighted by Gasteiger charge is -2.33. The van der Waals surface area contributed by atoms with Crippen LogP contribution in [0, 0.1) is 0 Å². The highest BCUT2D eigenvalue weighted by Gasteiger charge is 2.38. The standard InChI is InChI=1S/C23H28N3O3P/c1-2-12-25(23(27)29-17-18-6-4-3-5-7-18)20-10-8-19(9-11-20)24-15-21-22(16-24)28-14-13-26(21)30/h2-11,21-22H,1,12-17,30H2. The molecule has 0 N–H and O–H groups in total. The SMILES string of the molecule is C=CCN(C(=O)OCc1ccccc1)c1ccc(N2CC3OCCN(P)C3C2)cc1. The van der Waals surface area contributed by atoms with Crippen LogP contribution in [-0.4, -0.2) is 55.7 Å². The van der Waals surface area contributed by atoms with E-state index in [1.54, 1.807) is 11.0 Å². The summed E-state index contributed by atoms with van der Waals surface area (Å²) in [4.78, 5) is 16.6. The largest absolute Gasteiger partial charge is 0.444 e. The second kappa shape index (κ2) is 9.61. The molecule has 3 atom stereocenters. The molecule has 0 radical (unpaired) electrons. The average Bonchev–Trinajstić information content (AvgIpc) is 3.22. The molecule has 2 fully saturated rings. The van der Waals surface area contributed by atoms with Crippen molar-refractivity contribution < 1.29 is 14.3 Å². The van der Waals surface area contributed by atoms with Crippen LogP contribution in [0.3, 0.4) is 0 Å². The van der Waals surface area contributed by atoms with Gasteiger partial charge in [-0.1, -0.05) is 45.8 Å². The molecule has 6 nitrogen and oxygen atoms in total. The van der Waals surface area contributed by atoms with Gasteiger partial charge in [0, 0.05) is 37.6 Å². The molecular formula is C23H28N3O3P. The van der Waals surface area contributed by atoms with Crippen LogP contribution in [0.5, 0.6) is 0 Å². The minimum Gasteiger partial charge on any atom is -0.444 e. The summed E-state index contributed by atoms with van der Waals surface area (Å²) in [6, 6.07) is 18.1. The van der Waals surface area contributed by atoms with Crippen LogP contribution < -0.4 is 9.80 Å². The molecule has 4 rings (SSSR count). The van der Waals surface area contributed by atoms with Crippen LogP contribution >= 0.6 is 9.39 Å². The minimum absolute atomic E-state index is 0.237. The van der Waals surface area contributed by atoms with E-state index in [4.69, 9.17) is 9.47 Å². The Labute approximate surface area is 180 Å². The molecule has 0 aliphatic carbocycles. The van der Waals surface area contributed by atoms with E-state index in [9.17, 15) is 4.79 Å². The third kappa shape index (κ3) is 4.67. The summed E-state index contributed by atoms with van der Waals surface area (Å²) < 4.78 is 13.7. The summed E-state index contributed by atoms with van der Waals surface area (Å²) in [6.45, 7) is 7.94. The molecule has 3 unspecified atom stereocenters. The number of morpholine rings is 1. The fourth-order valence-electron chi connectivity index (χ4n) is 3.98. The Kier molecular flexibility index (Phi) is 6.68. The van der Waals surface area contributed by atoms with Crippen LogP contribution in [0.1, 0.15) is 5.56 Å². The predicted octanol–water partition coefficient (Wildman–Crippen LogP) is 3.70. The zero-order valence-electron chi connectivity index (χ0n) is 17.0. The molecule has 0 aromatic heterocycles. The van der Waals surface area contributed by atoms with Crippen molar-refractivity contribution in [3.63, 3.8) is 0 Å². The Morgan fingerprint density at radius 1 is 1.20 bits per heavy atom. The maximum atomic E-state index is 12.7. The maximum Gasteiger partial charge on any atom is 0.414 e. The van der Waals surface area contributed by atoms with E-state index in [0.29, 0.717) is 12.6 Å². The van der Waals surface area contributed by atoms with E-state index in [-0.39, 0.29) is 18.8 Å². The number of amides is 1. The minimum atomic E-state index is -0.384. The van der Waals surface area contributed by atoms with E-state index in [1.165, 1.54) is 0 Å². The molecule has 2 aliphatic heterocycles. The number of nitrogens with zero attached hydrogens (tertiary/aromatic N) is 3. The molecule has 1 amide bonds. The number of hydrogen-bond donors (Lipinski definition) is 0. The Hall–Kier alpha value is -2.40. The number of fused-ring (bicyclic) bond motifs is 1. The smallest absolute Gasteiger partial charge is 0.414 e. The molecule has 0 bridgehead atoms. The van der Waals surface area contributed by atoms with Gasteiger partial charge >= 0.3 is 6.09 Å². The van der Waals surface area contributed by atoms with Crippen molar-refractivity contribution in [2.45, 2.75) is 18.8 Å². The first-order valence-electron chi connectivity index (χ1n) is 10.2. The lowest BCUT2D eigenvalue weighted by atomic mass is 10.2. The quantitative estimate of drug-likeness (QED) is 0.522. The molecule has 0 saturated carbocycles. The van der Waals surface area contributed by atoms with Gasteiger partial charge in [-0.2, -0.15) is 0 Å². The molecule has 2 aromatic carbocycles. The van der Waals surface area contributed by atoms with Gasteiger partial charge in [-0.05, 0) is 29.8 Å². The van der Waals surface area contributed by atoms with E-state index in [0.717, 1.165) is 43.2 Å². The normalized spacial score (nSPS) is 21.2. The molecular weight excluding hydrogens is 397 g/mol. The number of rotatable bonds is 6. The first kappa shape index (κ1) is 20.9. The van der Waals surface area contributed by atoms with Gasteiger partial charge in [0.25, 0.3) is 0 Å². The number of hydrogen-bond acceptors (Lipinski definition) is 5. The summed E-state index contributed by atoms with van der Waals surface area (Å²) >= 11 is 0. The van der Waals surface area contributed by atoms with Crippen LogP contribution in [0.25, 0.3) is 0 Å². The number of anilines is 2. The molecule has 158 valence electrons. The van der Waals surface area contributed by atoms with Crippen molar-refractivity contribution in [3.05, 3.63) is 72.8 Å². The molecule has 0 spiro atoms. The average molecular weight is 425 g/mol. The third-order valence-electron chi connectivity index (χ3n) is 5.61. The van der Waals surface area contributed by atoms with Crippen molar-refractivity contribution in [2.24, 2.45) is 0 Å². The Morgan fingerprint density at radius 2 is 1.97 bits per heavy atom. The van der Waals surface area contributed by atoms with E-state index >= 15 is 0 Å². The molecule has 2 aromatic rings. The predicted molar refractivity (Wildman–Crippen MR) is 123 cm³/mol. The van der Waals surface area contributed by atoms with Crippen molar-refractivity contribution in [2.75, 3.05) is 42.6 Å². The lowest BCUT2D eigenvalue weighted by Crippen LogP contribution is -2.45. The first-order chi connectivity index (χ1) is 14.7. The fraction of sp³-hybridized carbons (Fsp3) is 0.348. The van der Waals surface area contributed by atoms with E-state index < -0.39 is 0 Å². The molecule has 2 saturated heterocycles. The molecule has 30 heavy (non-hydrogen) atoms. The van der Waals surface area contributed by atoms with Gasteiger partial charge in [0.05, 0.1) is 18.8 Å². The molecule has 7 heteroatoms. The second-order valence-corrected chi connectivity index (χ2v) is 8.24. The van der Waals surface area contributed by atoms with Gasteiger partial charge in [-0.3, -0.25) is 9.57 Å². The maximum absolute atomic E-state index is 12.7. The summed E-state index contributed by atoms with van der Waals surface area (Å²) in [5, 5.41) is 0. The van der Waals surface area contributed by atoms with Gasteiger partial charge in [0.2, 0.25) is 0 Å². The van der Waals surface area contributed by atoms with E-state index in [2.05, 4.69) is 37.7 Å².